The van der Waals surface area contributed by atoms with Crippen LogP contribution in [0.2, 0.25) is 0 Å². The lowest BCUT2D eigenvalue weighted by Crippen LogP contribution is -2.10. The third-order valence-electron chi connectivity index (χ3n) is 5.60. The van der Waals surface area contributed by atoms with Gasteiger partial charge in [0.2, 0.25) is 0 Å². The van der Waals surface area contributed by atoms with Gasteiger partial charge in [0.05, 0.1) is 10.2 Å². The average molecular weight is 389 g/mol. The van der Waals surface area contributed by atoms with Gasteiger partial charge in [-0.3, -0.25) is 0 Å². The van der Waals surface area contributed by atoms with Gasteiger partial charge in [0, 0.05) is 17.6 Å². The zero-order valence-electron chi connectivity index (χ0n) is 16.3. The number of aromatic nitrogens is 3. The summed E-state index contributed by atoms with van der Waals surface area (Å²) in [4.78, 5) is 15.5. The highest BCUT2D eigenvalue weighted by Crippen LogP contribution is 2.41. The van der Waals surface area contributed by atoms with E-state index in [0.29, 0.717) is 5.92 Å². The topological polar surface area (TPSA) is 50.7 Å². The molecule has 4 aromatic rings. The van der Waals surface area contributed by atoms with Crippen LogP contribution in [0.5, 0.6) is 0 Å². The number of rotatable bonds is 4. The SMILES string of the molecule is CC(C)c1nc2sc3c(NCc4ccccc4)ncnc3c2c2c1CCCC2. The van der Waals surface area contributed by atoms with Crippen molar-refractivity contribution in [2.45, 2.75) is 52.0 Å². The summed E-state index contributed by atoms with van der Waals surface area (Å²) in [5, 5.41) is 4.78. The van der Waals surface area contributed by atoms with E-state index in [1.54, 1.807) is 17.7 Å². The monoisotopic (exact) mass is 388 g/mol. The molecule has 1 aliphatic rings. The third-order valence-corrected chi connectivity index (χ3v) is 6.68. The molecule has 1 aromatic carbocycles. The number of thiophene rings is 1. The fraction of sp³-hybridized carbons (Fsp3) is 0.348. The molecule has 1 N–H and O–H groups in total. The maximum atomic E-state index is 5.11. The first kappa shape index (κ1) is 17.6. The molecule has 3 aromatic heterocycles. The number of hydrogen-bond donors (Lipinski definition) is 1. The van der Waals surface area contributed by atoms with Crippen LogP contribution in [0.25, 0.3) is 20.4 Å². The lowest BCUT2D eigenvalue weighted by Gasteiger charge is -2.21. The molecule has 28 heavy (non-hydrogen) atoms. The van der Waals surface area contributed by atoms with Crippen molar-refractivity contribution in [3.8, 4) is 0 Å². The second kappa shape index (κ2) is 7.13. The molecule has 0 amide bonds. The molecule has 5 rings (SSSR count). The van der Waals surface area contributed by atoms with Crippen molar-refractivity contribution in [2.24, 2.45) is 0 Å². The molecule has 0 radical (unpaired) electrons. The molecule has 0 atom stereocenters. The Morgan fingerprint density at radius 2 is 1.82 bits per heavy atom. The summed E-state index contributed by atoms with van der Waals surface area (Å²) in [6, 6.07) is 10.4. The van der Waals surface area contributed by atoms with Crippen LogP contribution >= 0.6 is 11.3 Å². The van der Waals surface area contributed by atoms with Crippen molar-refractivity contribution in [1.29, 1.82) is 0 Å². The molecule has 142 valence electrons. The van der Waals surface area contributed by atoms with Crippen molar-refractivity contribution < 1.29 is 0 Å². The Bertz CT molecular complexity index is 1150. The van der Waals surface area contributed by atoms with E-state index in [1.165, 1.54) is 40.6 Å². The van der Waals surface area contributed by atoms with Crippen LogP contribution in [-0.2, 0) is 19.4 Å². The summed E-state index contributed by atoms with van der Waals surface area (Å²) in [5.74, 6) is 1.36. The molecule has 0 saturated heterocycles. The van der Waals surface area contributed by atoms with E-state index in [9.17, 15) is 0 Å². The van der Waals surface area contributed by atoms with E-state index in [2.05, 4.69) is 53.4 Å². The molecule has 5 heteroatoms. The van der Waals surface area contributed by atoms with E-state index in [0.717, 1.165) is 40.3 Å². The maximum absolute atomic E-state index is 5.11. The van der Waals surface area contributed by atoms with Gasteiger partial charge >= 0.3 is 0 Å². The number of benzene rings is 1. The molecular weight excluding hydrogens is 364 g/mol. The molecule has 1 aliphatic carbocycles. The van der Waals surface area contributed by atoms with Crippen LogP contribution in [0.15, 0.2) is 36.7 Å². The van der Waals surface area contributed by atoms with E-state index in [1.807, 2.05) is 6.07 Å². The molecule has 3 heterocycles. The second-order valence-electron chi connectivity index (χ2n) is 7.84. The van der Waals surface area contributed by atoms with Crippen molar-refractivity contribution in [2.75, 3.05) is 5.32 Å². The van der Waals surface area contributed by atoms with Gasteiger partial charge < -0.3 is 5.32 Å². The number of pyridine rings is 1. The van der Waals surface area contributed by atoms with Gasteiger partial charge in [0.25, 0.3) is 0 Å². The third kappa shape index (κ3) is 2.94. The van der Waals surface area contributed by atoms with Crippen LogP contribution in [-0.4, -0.2) is 15.0 Å². The Balaban J connectivity index is 1.66. The van der Waals surface area contributed by atoms with Gasteiger partial charge in [0.15, 0.2) is 0 Å². The van der Waals surface area contributed by atoms with Crippen LogP contribution in [0.1, 0.15) is 55.0 Å². The zero-order chi connectivity index (χ0) is 19.1. The van der Waals surface area contributed by atoms with Gasteiger partial charge in [-0.15, -0.1) is 11.3 Å². The fourth-order valence-corrected chi connectivity index (χ4v) is 5.41. The van der Waals surface area contributed by atoms with Crippen LogP contribution in [0.3, 0.4) is 0 Å². The van der Waals surface area contributed by atoms with Gasteiger partial charge in [-0.25, -0.2) is 15.0 Å². The summed E-state index contributed by atoms with van der Waals surface area (Å²) in [6.45, 7) is 5.26. The summed E-state index contributed by atoms with van der Waals surface area (Å²) in [7, 11) is 0. The largest absolute Gasteiger partial charge is 0.365 e. The minimum Gasteiger partial charge on any atom is -0.365 e. The van der Waals surface area contributed by atoms with Gasteiger partial charge in [-0.05, 0) is 48.3 Å². The molecular formula is C23H24N4S. The number of anilines is 1. The Labute approximate surface area is 169 Å². The summed E-state index contributed by atoms with van der Waals surface area (Å²) >= 11 is 1.73. The second-order valence-corrected chi connectivity index (χ2v) is 8.84. The predicted molar refractivity (Wildman–Crippen MR) is 117 cm³/mol. The number of hydrogen-bond acceptors (Lipinski definition) is 5. The number of nitrogens with zero attached hydrogens (tertiary/aromatic N) is 3. The minimum absolute atomic E-state index is 0.447. The summed E-state index contributed by atoms with van der Waals surface area (Å²) in [6.07, 6.45) is 6.49. The average Bonchev–Trinajstić information content (AvgIpc) is 3.11. The van der Waals surface area contributed by atoms with Crippen LogP contribution in [0, 0.1) is 0 Å². The van der Waals surface area contributed by atoms with E-state index in [-0.39, 0.29) is 0 Å². The first-order chi connectivity index (χ1) is 13.7. The molecule has 0 saturated carbocycles. The van der Waals surface area contributed by atoms with Gasteiger partial charge in [0.1, 0.15) is 17.0 Å². The quantitative estimate of drug-likeness (QED) is 0.476. The first-order valence-corrected chi connectivity index (χ1v) is 10.9. The van der Waals surface area contributed by atoms with E-state index in [4.69, 9.17) is 4.98 Å². The van der Waals surface area contributed by atoms with Crippen molar-refractivity contribution in [3.05, 3.63) is 59.0 Å². The van der Waals surface area contributed by atoms with Gasteiger partial charge in [-0.2, -0.15) is 0 Å². The molecule has 0 spiro atoms. The van der Waals surface area contributed by atoms with E-state index >= 15 is 0 Å². The summed E-state index contributed by atoms with van der Waals surface area (Å²) in [5.41, 5.74) is 6.55. The highest BCUT2D eigenvalue weighted by atomic mass is 32.1. The number of nitrogens with one attached hydrogen (secondary N) is 1. The number of aryl methyl sites for hydroxylation is 1. The Kier molecular flexibility index (Phi) is 4.47. The lowest BCUT2D eigenvalue weighted by molar-refractivity contribution is 0.667. The van der Waals surface area contributed by atoms with Crippen molar-refractivity contribution in [1.82, 2.24) is 15.0 Å². The molecule has 0 unspecified atom stereocenters. The highest BCUT2D eigenvalue weighted by Gasteiger charge is 2.24. The van der Waals surface area contributed by atoms with Crippen LogP contribution < -0.4 is 5.32 Å². The normalized spacial score (nSPS) is 14.0. The van der Waals surface area contributed by atoms with Gasteiger partial charge in [-0.1, -0.05) is 44.2 Å². The molecule has 4 nitrogen and oxygen atoms in total. The standard InChI is InChI=1S/C23H24N4S/c1-14(2)19-17-11-7-6-10-16(17)18-20-21(28-23(18)27-19)22(26-13-25-20)24-12-15-8-4-3-5-9-15/h3-5,8-9,13-14H,6-7,10-12H2,1-2H3,(H,24,25,26). The zero-order valence-corrected chi connectivity index (χ0v) is 17.1. The smallest absolute Gasteiger partial charge is 0.147 e. The molecule has 0 aliphatic heterocycles. The Morgan fingerprint density at radius 1 is 1.04 bits per heavy atom. The van der Waals surface area contributed by atoms with Crippen molar-refractivity contribution >= 4 is 37.6 Å². The predicted octanol–water partition coefficient (Wildman–Crippen LogP) is 5.85. The fourth-order valence-electron chi connectivity index (χ4n) is 4.27. The molecule has 0 bridgehead atoms. The van der Waals surface area contributed by atoms with E-state index < -0.39 is 0 Å². The summed E-state index contributed by atoms with van der Waals surface area (Å²) < 4.78 is 1.12. The Morgan fingerprint density at radius 3 is 2.61 bits per heavy atom. The maximum Gasteiger partial charge on any atom is 0.147 e. The minimum atomic E-state index is 0.447. The van der Waals surface area contributed by atoms with Crippen molar-refractivity contribution in [3.63, 3.8) is 0 Å². The highest BCUT2D eigenvalue weighted by molar-refractivity contribution is 7.26. The first-order valence-electron chi connectivity index (χ1n) is 10.1. The number of fused-ring (bicyclic) bond motifs is 5. The lowest BCUT2D eigenvalue weighted by atomic mass is 9.86. The van der Waals surface area contributed by atoms with Crippen LogP contribution in [0.4, 0.5) is 5.82 Å². The Hall–Kier alpha value is -2.53. The molecule has 0 fully saturated rings.